The first kappa shape index (κ1) is 30.8. The van der Waals surface area contributed by atoms with Gasteiger partial charge in [0.2, 0.25) is 0 Å². The summed E-state index contributed by atoms with van der Waals surface area (Å²) in [4.78, 5) is 59.1. The Balaban J connectivity index is -0.000000130. The average molecular weight is 397 g/mol. The molecule has 0 amide bonds. The van der Waals surface area contributed by atoms with Crippen LogP contribution >= 0.6 is 0 Å². The van der Waals surface area contributed by atoms with Crippen LogP contribution in [-0.2, 0) is 46.1 Å². The maximum atomic E-state index is 10.1. The largest absolute Gasteiger partial charge is 3.00 e. The van der Waals surface area contributed by atoms with Crippen LogP contribution in [0.15, 0.2) is 0 Å². The summed E-state index contributed by atoms with van der Waals surface area (Å²) in [6.45, 7) is 5.21. The van der Waals surface area contributed by atoms with E-state index in [1.165, 1.54) is 0 Å². The number of Topliss-reactive ketones (excluding diaryl/α,β-unsaturated/α-hetero) is 3. The normalized spacial score (nSPS) is 8.28. The molecule has 0 saturated carbocycles. The fourth-order valence-corrected chi connectivity index (χ4v) is 0.987. The van der Waals surface area contributed by atoms with E-state index in [9.17, 15) is 44.1 Å². The standard InChI is InChI=1S/3C5H8O3.Cr/c3*1-2-3-4(6)5(7)8;/h3*2-3H2,1H3,(H,7,8);/q;;;+3/p-3. The number of aliphatic carboxylic acids is 3. The van der Waals surface area contributed by atoms with Crippen molar-refractivity contribution >= 4 is 35.3 Å². The van der Waals surface area contributed by atoms with Gasteiger partial charge < -0.3 is 29.7 Å². The molecule has 9 nitrogen and oxygen atoms in total. The number of hydrogen-bond acceptors (Lipinski definition) is 9. The van der Waals surface area contributed by atoms with E-state index in [0.29, 0.717) is 19.3 Å². The molecule has 25 heavy (non-hydrogen) atoms. The molecule has 0 aromatic rings. The van der Waals surface area contributed by atoms with E-state index in [1.54, 1.807) is 20.8 Å². The van der Waals surface area contributed by atoms with Gasteiger partial charge in [-0.25, -0.2) is 0 Å². The molecule has 141 valence electrons. The second-order valence-electron chi connectivity index (χ2n) is 4.38. The van der Waals surface area contributed by atoms with Crippen LogP contribution in [0.4, 0.5) is 0 Å². The number of carboxylic acids is 3. The first-order chi connectivity index (χ1) is 11.0. The van der Waals surface area contributed by atoms with E-state index >= 15 is 0 Å². The Bertz CT molecular complexity index is 391. The smallest absolute Gasteiger partial charge is 0.542 e. The zero-order chi connectivity index (χ0) is 19.7. The zero-order valence-electron chi connectivity index (χ0n) is 14.3. The van der Waals surface area contributed by atoms with Crippen LogP contribution in [-0.4, -0.2) is 35.3 Å². The van der Waals surface area contributed by atoms with Crippen molar-refractivity contribution in [2.45, 2.75) is 59.3 Å². The van der Waals surface area contributed by atoms with Crippen LogP contribution in [0.2, 0.25) is 0 Å². The van der Waals surface area contributed by atoms with Gasteiger partial charge in [0.05, 0.1) is 0 Å². The molecule has 10 heteroatoms. The summed E-state index contributed by atoms with van der Waals surface area (Å²) in [7, 11) is 0. The molecule has 0 rings (SSSR count). The third kappa shape index (κ3) is 24.3. The van der Waals surface area contributed by atoms with Crippen molar-refractivity contribution in [1.82, 2.24) is 0 Å². The van der Waals surface area contributed by atoms with Crippen molar-refractivity contribution in [3.8, 4) is 0 Å². The van der Waals surface area contributed by atoms with Gasteiger partial charge in [0, 0.05) is 19.3 Å². The topological polar surface area (TPSA) is 172 Å². The van der Waals surface area contributed by atoms with Crippen LogP contribution in [0.1, 0.15) is 59.3 Å². The average Bonchev–Trinajstić information content (AvgIpc) is 2.49. The second kappa shape index (κ2) is 20.0. The SMILES string of the molecule is CCCC(=O)C(=O)[O-].CCCC(=O)C(=O)[O-].CCCC(=O)C(=O)[O-].[Cr+3]. The molecule has 0 unspecified atom stereocenters. The molecule has 0 bridgehead atoms. The molecule has 1 radical (unpaired) electrons. The third-order valence-electron chi connectivity index (χ3n) is 2.11. The van der Waals surface area contributed by atoms with E-state index in [-0.39, 0.29) is 36.6 Å². The molecule has 0 saturated heterocycles. The van der Waals surface area contributed by atoms with Crippen LogP contribution in [0, 0.1) is 0 Å². The minimum Gasteiger partial charge on any atom is -0.542 e. The van der Waals surface area contributed by atoms with Crippen LogP contribution < -0.4 is 15.3 Å². The predicted octanol–water partition coefficient (Wildman–Crippen LogP) is -2.69. The van der Waals surface area contributed by atoms with E-state index in [2.05, 4.69) is 0 Å². The number of hydrogen-bond donors (Lipinski definition) is 0. The molecule has 0 aromatic heterocycles. The van der Waals surface area contributed by atoms with Crippen LogP contribution in [0.5, 0.6) is 0 Å². The van der Waals surface area contributed by atoms with E-state index in [1.807, 2.05) is 0 Å². The molecular weight excluding hydrogens is 376 g/mol. The number of rotatable bonds is 9. The summed E-state index contributed by atoms with van der Waals surface area (Å²) >= 11 is 0. The molecule has 0 fully saturated rings. The zero-order valence-corrected chi connectivity index (χ0v) is 15.6. The molecule has 0 aromatic carbocycles. The van der Waals surface area contributed by atoms with Gasteiger partial charge in [-0.05, 0) is 19.3 Å². The summed E-state index contributed by atoms with van der Waals surface area (Å²) in [6.07, 6.45) is 1.94. The van der Waals surface area contributed by atoms with Crippen molar-refractivity contribution in [1.29, 1.82) is 0 Å². The van der Waals surface area contributed by atoms with Gasteiger partial charge in [-0.1, -0.05) is 20.8 Å². The summed E-state index contributed by atoms with van der Waals surface area (Å²) < 4.78 is 0. The van der Waals surface area contributed by atoms with Crippen LogP contribution in [0.3, 0.4) is 0 Å². The Morgan fingerprint density at radius 3 is 0.720 bits per heavy atom. The molecule has 0 aliphatic rings. The Morgan fingerprint density at radius 2 is 0.680 bits per heavy atom. The Morgan fingerprint density at radius 1 is 0.520 bits per heavy atom. The minimum absolute atomic E-state index is 0. The monoisotopic (exact) mass is 397 g/mol. The summed E-state index contributed by atoms with van der Waals surface area (Å²) in [5, 5.41) is 28.9. The van der Waals surface area contributed by atoms with Gasteiger partial charge in [0.1, 0.15) is 17.9 Å². The molecule has 0 N–H and O–H groups in total. The quantitative estimate of drug-likeness (QED) is 0.376. The Kier molecular flexibility index (Phi) is 24.6. The van der Waals surface area contributed by atoms with Crippen molar-refractivity contribution in [3.63, 3.8) is 0 Å². The van der Waals surface area contributed by atoms with Crippen molar-refractivity contribution in [2.75, 3.05) is 0 Å². The van der Waals surface area contributed by atoms with Crippen LogP contribution in [0.25, 0.3) is 0 Å². The summed E-state index contributed by atoms with van der Waals surface area (Å²) in [6, 6.07) is 0. The first-order valence-electron chi connectivity index (χ1n) is 7.27. The minimum atomic E-state index is -1.58. The van der Waals surface area contributed by atoms with Crippen molar-refractivity contribution in [2.24, 2.45) is 0 Å². The van der Waals surface area contributed by atoms with Crippen molar-refractivity contribution < 1.29 is 61.4 Å². The maximum Gasteiger partial charge on any atom is 3.00 e. The first-order valence-corrected chi connectivity index (χ1v) is 7.27. The van der Waals surface area contributed by atoms with E-state index in [4.69, 9.17) is 0 Å². The van der Waals surface area contributed by atoms with Gasteiger partial charge in [-0.15, -0.1) is 0 Å². The van der Waals surface area contributed by atoms with Gasteiger partial charge in [0.15, 0.2) is 17.3 Å². The fourth-order valence-electron chi connectivity index (χ4n) is 0.987. The van der Waals surface area contributed by atoms with E-state index < -0.39 is 35.3 Å². The van der Waals surface area contributed by atoms with Crippen molar-refractivity contribution in [3.05, 3.63) is 0 Å². The predicted molar refractivity (Wildman–Crippen MR) is 74.8 cm³/mol. The van der Waals surface area contributed by atoms with Gasteiger partial charge in [0.25, 0.3) is 0 Å². The third-order valence-corrected chi connectivity index (χ3v) is 2.11. The Hall–Kier alpha value is -2.05. The van der Waals surface area contributed by atoms with Gasteiger partial charge in [-0.3, -0.25) is 14.4 Å². The van der Waals surface area contributed by atoms with Gasteiger partial charge in [-0.2, -0.15) is 0 Å². The maximum absolute atomic E-state index is 10.1. The molecular formula is C15H21CrO9. The second-order valence-corrected chi connectivity index (χ2v) is 4.38. The van der Waals surface area contributed by atoms with Gasteiger partial charge >= 0.3 is 17.4 Å². The molecule has 0 aliphatic carbocycles. The molecule has 0 heterocycles. The Labute approximate surface area is 156 Å². The van der Waals surface area contributed by atoms with E-state index in [0.717, 1.165) is 0 Å². The molecule has 0 spiro atoms. The summed E-state index contributed by atoms with van der Waals surface area (Å²) in [5.41, 5.74) is 0. The number of carbonyl (C=O) groups is 6. The summed E-state index contributed by atoms with van der Waals surface area (Å²) in [5.74, 6) is -7.17. The molecule has 0 atom stereocenters. The molecule has 0 aliphatic heterocycles. The number of ketones is 3. The number of carboxylic acid groups (broad SMARTS) is 3. The fraction of sp³-hybridized carbons (Fsp3) is 0.600. The number of carbonyl (C=O) groups excluding carboxylic acids is 6.